The Balaban J connectivity index is 2.12. The third-order valence-electron chi connectivity index (χ3n) is 2.42. The van der Waals surface area contributed by atoms with E-state index in [0.717, 1.165) is 27.8 Å². The highest BCUT2D eigenvalue weighted by molar-refractivity contribution is 7.98. The molecule has 0 aliphatic rings. The Labute approximate surface area is 105 Å². The highest BCUT2D eigenvalue weighted by atomic mass is 32.2. The Morgan fingerprint density at radius 1 is 1.47 bits per heavy atom. The summed E-state index contributed by atoms with van der Waals surface area (Å²) in [6.45, 7) is 0.544. The molecule has 90 valence electrons. The van der Waals surface area contributed by atoms with E-state index in [2.05, 4.69) is 16.0 Å². The van der Waals surface area contributed by atoms with Crippen LogP contribution in [0.5, 0.6) is 5.75 Å². The minimum atomic E-state index is 0.544. The summed E-state index contributed by atoms with van der Waals surface area (Å²) in [5.74, 6) is 1.70. The van der Waals surface area contributed by atoms with Crippen molar-refractivity contribution in [3.8, 4) is 5.75 Å². The monoisotopic (exact) mass is 249 g/mol. The van der Waals surface area contributed by atoms with Gasteiger partial charge in [-0.1, -0.05) is 17.8 Å². The van der Waals surface area contributed by atoms with Gasteiger partial charge in [0.1, 0.15) is 5.75 Å². The normalized spacial score (nSPS) is 10.5. The van der Waals surface area contributed by atoms with Crippen LogP contribution in [0.15, 0.2) is 35.7 Å². The quantitative estimate of drug-likeness (QED) is 0.797. The predicted octanol–water partition coefficient (Wildman–Crippen LogP) is 2.17. The Kier molecular flexibility index (Phi) is 4.06. The molecule has 0 atom stereocenters. The lowest BCUT2D eigenvalue weighted by atomic mass is 10.1. The zero-order valence-electron chi connectivity index (χ0n) is 9.64. The number of imidazole rings is 1. The lowest BCUT2D eigenvalue weighted by molar-refractivity contribution is 0.411. The number of methoxy groups -OCH3 is 1. The molecule has 0 fully saturated rings. The number of nitrogens with two attached hydrogens (primary N) is 1. The first kappa shape index (κ1) is 12.0. The smallest absolute Gasteiger partial charge is 0.165 e. The molecule has 2 rings (SSSR count). The molecule has 0 aliphatic heterocycles. The van der Waals surface area contributed by atoms with Gasteiger partial charge in [0.25, 0.3) is 0 Å². The van der Waals surface area contributed by atoms with Crippen LogP contribution in [0.25, 0.3) is 0 Å². The molecule has 4 nitrogen and oxygen atoms in total. The minimum Gasteiger partial charge on any atom is -0.496 e. The molecule has 0 saturated heterocycles. The molecule has 5 heteroatoms. The van der Waals surface area contributed by atoms with Crippen LogP contribution in [0, 0.1) is 0 Å². The minimum absolute atomic E-state index is 0.544. The first-order valence-corrected chi connectivity index (χ1v) is 6.30. The van der Waals surface area contributed by atoms with Crippen LogP contribution in [0.4, 0.5) is 0 Å². The average molecular weight is 249 g/mol. The number of hydrogen-bond acceptors (Lipinski definition) is 4. The van der Waals surface area contributed by atoms with Gasteiger partial charge in [0, 0.05) is 30.3 Å². The van der Waals surface area contributed by atoms with Crippen molar-refractivity contribution in [1.82, 2.24) is 9.97 Å². The third-order valence-corrected chi connectivity index (χ3v) is 3.37. The Morgan fingerprint density at radius 2 is 2.35 bits per heavy atom. The van der Waals surface area contributed by atoms with Gasteiger partial charge in [0.15, 0.2) is 5.16 Å². The van der Waals surface area contributed by atoms with Gasteiger partial charge in [-0.25, -0.2) is 4.98 Å². The first-order valence-electron chi connectivity index (χ1n) is 5.31. The fourth-order valence-corrected chi connectivity index (χ4v) is 2.35. The standard InChI is InChI=1S/C12H15N3OS/c1-16-11-3-2-9(7-13)6-10(11)8-17-12-14-4-5-15-12/h2-6H,7-8,13H2,1H3,(H,14,15). The second-order valence-corrected chi connectivity index (χ2v) is 4.50. The summed E-state index contributed by atoms with van der Waals surface area (Å²) >= 11 is 1.64. The molecule has 17 heavy (non-hydrogen) atoms. The molecular weight excluding hydrogens is 234 g/mol. The van der Waals surface area contributed by atoms with Crippen molar-refractivity contribution in [2.45, 2.75) is 17.5 Å². The summed E-state index contributed by atoms with van der Waals surface area (Å²) in [4.78, 5) is 7.23. The largest absolute Gasteiger partial charge is 0.496 e. The fourth-order valence-electron chi connectivity index (χ4n) is 1.55. The SMILES string of the molecule is COc1ccc(CN)cc1CSc1ncc[nH]1. The summed E-state index contributed by atoms with van der Waals surface area (Å²) in [6, 6.07) is 6.02. The number of ether oxygens (including phenoxy) is 1. The molecule has 0 unspecified atom stereocenters. The molecule has 0 saturated carbocycles. The van der Waals surface area contributed by atoms with Crippen LogP contribution >= 0.6 is 11.8 Å². The van der Waals surface area contributed by atoms with Crippen LogP contribution in [-0.2, 0) is 12.3 Å². The number of rotatable bonds is 5. The lowest BCUT2D eigenvalue weighted by Crippen LogP contribution is -1.98. The molecule has 1 aromatic carbocycles. The molecule has 3 N–H and O–H groups in total. The maximum atomic E-state index is 5.63. The van der Waals surface area contributed by atoms with Crippen molar-refractivity contribution >= 4 is 11.8 Å². The number of thioether (sulfide) groups is 1. The molecule has 0 radical (unpaired) electrons. The van der Waals surface area contributed by atoms with Crippen molar-refractivity contribution in [1.29, 1.82) is 0 Å². The molecule has 0 spiro atoms. The molecule has 1 aromatic heterocycles. The number of aromatic amines is 1. The zero-order chi connectivity index (χ0) is 12.1. The predicted molar refractivity (Wildman–Crippen MR) is 69.0 cm³/mol. The van der Waals surface area contributed by atoms with E-state index in [9.17, 15) is 0 Å². The van der Waals surface area contributed by atoms with Gasteiger partial charge in [-0.05, 0) is 17.7 Å². The van der Waals surface area contributed by atoms with Crippen LogP contribution in [-0.4, -0.2) is 17.1 Å². The summed E-state index contributed by atoms with van der Waals surface area (Å²) < 4.78 is 5.33. The first-order chi connectivity index (χ1) is 8.33. The lowest BCUT2D eigenvalue weighted by Gasteiger charge is -2.09. The number of nitrogens with zero attached hydrogens (tertiary/aromatic N) is 1. The van der Waals surface area contributed by atoms with Crippen molar-refractivity contribution in [3.05, 3.63) is 41.7 Å². The molecule has 1 heterocycles. The average Bonchev–Trinajstić information content (AvgIpc) is 2.89. The van der Waals surface area contributed by atoms with Crippen LogP contribution < -0.4 is 10.5 Å². The second-order valence-electron chi connectivity index (χ2n) is 3.53. The number of benzene rings is 1. The number of nitrogens with one attached hydrogen (secondary N) is 1. The van der Waals surface area contributed by atoms with Gasteiger partial charge in [0.2, 0.25) is 0 Å². The molecule has 0 amide bonds. The Morgan fingerprint density at radius 3 is 3.00 bits per heavy atom. The van der Waals surface area contributed by atoms with Crippen molar-refractivity contribution in [2.75, 3.05) is 7.11 Å². The fraction of sp³-hybridized carbons (Fsp3) is 0.250. The summed E-state index contributed by atoms with van der Waals surface area (Å²) in [5, 5.41) is 0.908. The highest BCUT2D eigenvalue weighted by Crippen LogP contribution is 2.26. The van der Waals surface area contributed by atoms with Gasteiger partial charge < -0.3 is 15.5 Å². The van der Waals surface area contributed by atoms with Crippen LogP contribution in [0.1, 0.15) is 11.1 Å². The maximum Gasteiger partial charge on any atom is 0.165 e. The van der Waals surface area contributed by atoms with Gasteiger partial charge >= 0.3 is 0 Å². The summed E-state index contributed by atoms with van der Waals surface area (Å²) in [6.07, 6.45) is 3.56. The van der Waals surface area contributed by atoms with Gasteiger partial charge in [-0.15, -0.1) is 0 Å². The van der Waals surface area contributed by atoms with Crippen molar-refractivity contribution in [3.63, 3.8) is 0 Å². The third kappa shape index (κ3) is 3.01. The second kappa shape index (κ2) is 5.75. The van der Waals surface area contributed by atoms with Gasteiger partial charge in [-0.3, -0.25) is 0 Å². The number of hydrogen-bond donors (Lipinski definition) is 2. The van der Waals surface area contributed by atoms with E-state index in [4.69, 9.17) is 10.5 Å². The van der Waals surface area contributed by atoms with Crippen LogP contribution in [0.2, 0.25) is 0 Å². The van der Waals surface area contributed by atoms with Crippen LogP contribution in [0.3, 0.4) is 0 Å². The van der Waals surface area contributed by atoms with Crippen molar-refractivity contribution < 1.29 is 4.74 Å². The van der Waals surface area contributed by atoms with E-state index in [-0.39, 0.29) is 0 Å². The summed E-state index contributed by atoms with van der Waals surface area (Å²) in [5.41, 5.74) is 7.88. The van der Waals surface area contributed by atoms with Gasteiger partial charge in [0.05, 0.1) is 7.11 Å². The molecule has 0 aliphatic carbocycles. The topological polar surface area (TPSA) is 63.9 Å². The molecule has 0 bridgehead atoms. The summed E-state index contributed by atoms with van der Waals surface area (Å²) in [7, 11) is 1.68. The number of H-pyrrole nitrogens is 1. The highest BCUT2D eigenvalue weighted by Gasteiger charge is 2.05. The zero-order valence-corrected chi connectivity index (χ0v) is 10.5. The van der Waals surface area contributed by atoms with E-state index < -0.39 is 0 Å². The Bertz CT molecular complexity index is 471. The Hall–Kier alpha value is -1.46. The maximum absolute atomic E-state index is 5.63. The van der Waals surface area contributed by atoms with E-state index in [1.54, 1.807) is 25.1 Å². The van der Waals surface area contributed by atoms with E-state index in [1.807, 2.05) is 18.3 Å². The van der Waals surface area contributed by atoms with E-state index >= 15 is 0 Å². The number of aromatic nitrogens is 2. The van der Waals surface area contributed by atoms with E-state index in [0.29, 0.717) is 6.54 Å². The van der Waals surface area contributed by atoms with Crippen molar-refractivity contribution in [2.24, 2.45) is 5.73 Å². The molecule has 2 aromatic rings. The molecular formula is C12H15N3OS. The van der Waals surface area contributed by atoms with E-state index in [1.165, 1.54) is 0 Å². The van der Waals surface area contributed by atoms with Gasteiger partial charge in [-0.2, -0.15) is 0 Å².